The van der Waals surface area contributed by atoms with Gasteiger partial charge in [-0.15, -0.1) is 0 Å². The maximum atomic E-state index is 11.5. The summed E-state index contributed by atoms with van der Waals surface area (Å²) in [5, 5.41) is 0. The Morgan fingerprint density at radius 2 is 1.95 bits per heavy atom. The van der Waals surface area contributed by atoms with Crippen LogP contribution in [0.3, 0.4) is 0 Å². The molecule has 1 rings (SSSR count). The van der Waals surface area contributed by atoms with Crippen molar-refractivity contribution in [2.75, 3.05) is 7.11 Å². The number of hydrogen-bond acceptors (Lipinski definition) is 4. The molecule has 0 aromatic heterocycles. The average molecular weight is 279 g/mol. The Morgan fingerprint density at radius 3 is 2.45 bits per heavy atom. The lowest BCUT2D eigenvalue weighted by Gasteiger charge is -2.25. The highest BCUT2D eigenvalue weighted by Crippen LogP contribution is 2.19. The molecule has 0 aliphatic rings. The summed E-state index contributed by atoms with van der Waals surface area (Å²) in [4.78, 5) is 11.5. The molecular weight excluding hydrogens is 254 g/mol. The maximum absolute atomic E-state index is 11.5. The number of benzene rings is 1. The van der Waals surface area contributed by atoms with E-state index >= 15 is 0 Å². The number of carbonyl (C=O) groups excluding carboxylic acids is 1. The molecule has 2 atom stereocenters. The number of ether oxygens (including phenoxy) is 2. The minimum Gasteiger partial charge on any atom is -0.491 e. The second kappa shape index (κ2) is 7.29. The van der Waals surface area contributed by atoms with E-state index < -0.39 is 11.5 Å². The average Bonchev–Trinajstić information content (AvgIpc) is 2.39. The van der Waals surface area contributed by atoms with E-state index in [2.05, 4.69) is 23.8 Å². The molecule has 1 aromatic carbocycles. The first-order valence-electron chi connectivity index (χ1n) is 7.02. The smallest absolute Gasteiger partial charge is 0.325 e. The van der Waals surface area contributed by atoms with Gasteiger partial charge in [0.25, 0.3) is 0 Å². The van der Waals surface area contributed by atoms with Crippen molar-refractivity contribution in [3.63, 3.8) is 0 Å². The van der Waals surface area contributed by atoms with Crippen molar-refractivity contribution in [1.82, 2.24) is 0 Å². The Hall–Kier alpha value is -1.55. The summed E-state index contributed by atoms with van der Waals surface area (Å²) < 4.78 is 10.5. The number of methoxy groups -OCH3 is 1. The highest BCUT2D eigenvalue weighted by molar-refractivity contribution is 5.79. The molecule has 112 valence electrons. The standard InChI is InChI=1S/C16H25NO3/c1-5-6-13-7-9-14(10-8-13)20-12(2)11-16(3,17)15(18)19-4/h7-10,12H,5-6,11,17H2,1-4H3. The summed E-state index contributed by atoms with van der Waals surface area (Å²) in [5.41, 5.74) is 6.20. The van der Waals surface area contributed by atoms with Gasteiger partial charge in [-0.25, -0.2) is 0 Å². The van der Waals surface area contributed by atoms with E-state index in [1.807, 2.05) is 19.1 Å². The zero-order valence-corrected chi connectivity index (χ0v) is 12.8. The van der Waals surface area contributed by atoms with E-state index in [1.165, 1.54) is 12.7 Å². The topological polar surface area (TPSA) is 61.5 Å². The fourth-order valence-electron chi connectivity index (χ4n) is 2.21. The molecule has 1 aromatic rings. The molecule has 0 bridgehead atoms. The molecule has 0 amide bonds. The lowest BCUT2D eigenvalue weighted by molar-refractivity contribution is -0.147. The molecule has 0 fully saturated rings. The molecule has 4 nitrogen and oxygen atoms in total. The molecular formula is C16H25NO3. The third-order valence-electron chi connectivity index (χ3n) is 3.16. The molecule has 4 heteroatoms. The van der Waals surface area contributed by atoms with Crippen molar-refractivity contribution in [3.8, 4) is 5.75 Å². The number of esters is 1. The Labute approximate surface area is 121 Å². The fraction of sp³-hybridized carbons (Fsp3) is 0.562. The molecule has 0 aliphatic heterocycles. The monoisotopic (exact) mass is 279 g/mol. The van der Waals surface area contributed by atoms with Crippen LogP contribution in [0.25, 0.3) is 0 Å². The number of hydrogen-bond donors (Lipinski definition) is 1. The van der Waals surface area contributed by atoms with Crippen LogP contribution in [0, 0.1) is 0 Å². The molecule has 0 saturated heterocycles. The largest absolute Gasteiger partial charge is 0.491 e. The van der Waals surface area contributed by atoms with Gasteiger partial charge in [-0.1, -0.05) is 25.5 Å². The summed E-state index contributed by atoms with van der Waals surface area (Å²) in [7, 11) is 1.34. The molecule has 2 unspecified atom stereocenters. The van der Waals surface area contributed by atoms with Gasteiger partial charge in [-0.05, 0) is 38.0 Å². The van der Waals surface area contributed by atoms with Crippen molar-refractivity contribution in [2.24, 2.45) is 5.73 Å². The van der Waals surface area contributed by atoms with Crippen molar-refractivity contribution >= 4 is 5.97 Å². The molecule has 2 N–H and O–H groups in total. The lowest BCUT2D eigenvalue weighted by Crippen LogP contribution is -2.48. The second-order valence-corrected chi connectivity index (χ2v) is 5.44. The van der Waals surface area contributed by atoms with E-state index in [-0.39, 0.29) is 6.10 Å². The first-order valence-corrected chi connectivity index (χ1v) is 7.02. The third kappa shape index (κ3) is 4.85. The third-order valence-corrected chi connectivity index (χ3v) is 3.16. The van der Waals surface area contributed by atoms with Crippen LogP contribution in [0.5, 0.6) is 5.75 Å². The summed E-state index contributed by atoms with van der Waals surface area (Å²) in [5.74, 6) is 0.365. The summed E-state index contributed by atoms with van der Waals surface area (Å²) in [6.45, 7) is 5.71. The Morgan fingerprint density at radius 1 is 1.35 bits per heavy atom. The zero-order valence-electron chi connectivity index (χ0n) is 12.8. The van der Waals surface area contributed by atoms with Gasteiger partial charge in [0.2, 0.25) is 0 Å². The van der Waals surface area contributed by atoms with Gasteiger partial charge >= 0.3 is 5.97 Å². The van der Waals surface area contributed by atoms with Gasteiger partial charge in [0, 0.05) is 6.42 Å². The molecule has 0 aliphatic carbocycles. The highest BCUT2D eigenvalue weighted by Gasteiger charge is 2.32. The Bertz CT molecular complexity index is 426. The van der Waals surface area contributed by atoms with Gasteiger partial charge < -0.3 is 15.2 Å². The lowest BCUT2D eigenvalue weighted by atomic mass is 9.96. The zero-order chi connectivity index (χ0) is 15.2. The van der Waals surface area contributed by atoms with Crippen molar-refractivity contribution in [1.29, 1.82) is 0 Å². The summed E-state index contributed by atoms with van der Waals surface area (Å²) in [6.07, 6.45) is 2.43. The van der Waals surface area contributed by atoms with Crippen molar-refractivity contribution in [3.05, 3.63) is 29.8 Å². The first kappa shape index (κ1) is 16.5. The predicted octanol–water partition coefficient (Wildman–Crippen LogP) is 2.69. The van der Waals surface area contributed by atoms with E-state index in [0.29, 0.717) is 6.42 Å². The predicted molar refractivity (Wildman–Crippen MR) is 79.8 cm³/mol. The van der Waals surface area contributed by atoms with Gasteiger partial charge in [-0.2, -0.15) is 0 Å². The van der Waals surface area contributed by atoms with Crippen molar-refractivity contribution < 1.29 is 14.3 Å². The quantitative estimate of drug-likeness (QED) is 0.779. The van der Waals surface area contributed by atoms with Crippen LogP contribution in [0.15, 0.2) is 24.3 Å². The fourth-order valence-corrected chi connectivity index (χ4v) is 2.21. The van der Waals surface area contributed by atoms with Gasteiger partial charge in [0.05, 0.1) is 13.2 Å². The number of aryl methyl sites for hydroxylation is 1. The Balaban J connectivity index is 2.57. The van der Waals surface area contributed by atoms with Crippen LogP contribution in [0.1, 0.15) is 39.2 Å². The van der Waals surface area contributed by atoms with E-state index in [4.69, 9.17) is 10.5 Å². The van der Waals surface area contributed by atoms with Crippen LogP contribution in [-0.2, 0) is 16.0 Å². The molecule has 0 heterocycles. The Kier molecular flexibility index (Phi) is 6.02. The molecule has 20 heavy (non-hydrogen) atoms. The highest BCUT2D eigenvalue weighted by atomic mass is 16.5. The molecule has 0 saturated carbocycles. The normalized spacial score (nSPS) is 15.2. The van der Waals surface area contributed by atoms with Gasteiger partial charge in [0.1, 0.15) is 11.3 Å². The number of nitrogens with two attached hydrogens (primary N) is 1. The van der Waals surface area contributed by atoms with Crippen LogP contribution >= 0.6 is 0 Å². The SMILES string of the molecule is CCCc1ccc(OC(C)CC(C)(N)C(=O)OC)cc1. The van der Waals surface area contributed by atoms with Crippen LogP contribution < -0.4 is 10.5 Å². The van der Waals surface area contributed by atoms with Crippen LogP contribution in [0.2, 0.25) is 0 Å². The maximum Gasteiger partial charge on any atom is 0.325 e. The van der Waals surface area contributed by atoms with Crippen molar-refractivity contribution in [2.45, 2.75) is 51.7 Å². The first-order chi connectivity index (χ1) is 9.39. The van der Waals surface area contributed by atoms with E-state index in [1.54, 1.807) is 6.92 Å². The van der Waals surface area contributed by atoms with Gasteiger partial charge in [0.15, 0.2) is 0 Å². The second-order valence-electron chi connectivity index (χ2n) is 5.44. The minimum atomic E-state index is -1.03. The molecule has 0 spiro atoms. The van der Waals surface area contributed by atoms with Crippen LogP contribution in [-0.4, -0.2) is 24.7 Å². The van der Waals surface area contributed by atoms with Crippen LogP contribution in [0.4, 0.5) is 0 Å². The van der Waals surface area contributed by atoms with E-state index in [9.17, 15) is 4.79 Å². The molecule has 0 radical (unpaired) electrons. The summed E-state index contributed by atoms with van der Waals surface area (Å²) >= 11 is 0. The number of rotatable bonds is 7. The van der Waals surface area contributed by atoms with Gasteiger partial charge in [-0.3, -0.25) is 4.79 Å². The number of carbonyl (C=O) groups is 1. The van der Waals surface area contributed by atoms with E-state index in [0.717, 1.165) is 18.6 Å². The summed E-state index contributed by atoms with van der Waals surface area (Å²) in [6, 6.07) is 8.03. The minimum absolute atomic E-state index is 0.166.